The summed E-state index contributed by atoms with van der Waals surface area (Å²) in [6.45, 7) is 1.56. The minimum Gasteiger partial charge on any atom is -0.381 e. The van der Waals surface area contributed by atoms with Gasteiger partial charge in [-0.05, 0) is 12.8 Å². The summed E-state index contributed by atoms with van der Waals surface area (Å²) in [5.41, 5.74) is 0.164. The van der Waals surface area contributed by atoms with E-state index >= 15 is 0 Å². The van der Waals surface area contributed by atoms with Gasteiger partial charge in [0, 0.05) is 27.2 Å². The zero-order valence-electron chi connectivity index (χ0n) is 11.4. The van der Waals surface area contributed by atoms with E-state index in [2.05, 4.69) is 20.8 Å². The van der Waals surface area contributed by atoms with E-state index in [4.69, 9.17) is 0 Å². The molecule has 106 valence electrons. The van der Waals surface area contributed by atoms with Gasteiger partial charge in [0.2, 0.25) is 0 Å². The van der Waals surface area contributed by atoms with Gasteiger partial charge in [0.05, 0.1) is 5.69 Å². The molecule has 3 rings (SSSR count). The third kappa shape index (κ3) is 1.75. The van der Waals surface area contributed by atoms with Crippen molar-refractivity contribution in [2.45, 2.75) is 12.8 Å². The first-order chi connectivity index (χ1) is 9.61. The zero-order valence-corrected chi connectivity index (χ0v) is 11.4. The average Bonchev–Trinajstić information content (AvgIpc) is 2.42. The molecule has 0 atom stereocenters. The summed E-state index contributed by atoms with van der Waals surface area (Å²) in [4.78, 5) is 24.3. The van der Waals surface area contributed by atoms with E-state index < -0.39 is 5.69 Å². The van der Waals surface area contributed by atoms with Crippen molar-refractivity contribution in [1.82, 2.24) is 19.3 Å². The van der Waals surface area contributed by atoms with Gasteiger partial charge in [-0.3, -0.25) is 13.9 Å². The maximum atomic E-state index is 12.4. The van der Waals surface area contributed by atoms with Gasteiger partial charge in [0.25, 0.3) is 5.56 Å². The van der Waals surface area contributed by atoms with Crippen molar-refractivity contribution < 1.29 is 0 Å². The second kappa shape index (κ2) is 4.62. The lowest BCUT2D eigenvalue weighted by atomic mass is 10.2. The fraction of sp³-hybridized carbons (Fsp3) is 0.500. The van der Waals surface area contributed by atoms with Gasteiger partial charge >= 0.3 is 5.69 Å². The number of hydrogen-bond donors (Lipinski definition) is 2. The molecule has 0 amide bonds. The summed E-state index contributed by atoms with van der Waals surface area (Å²) in [6.07, 6.45) is 2.03. The van der Waals surface area contributed by atoms with Gasteiger partial charge in [-0.2, -0.15) is 0 Å². The van der Waals surface area contributed by atoms with Crippen LogP contribution in [0.25, 0.3) is 11.0 Å². The molecule has 1 aliphatic rings. The molecular weight excluding hydrogens is 260 g/mol. The standard InChI is InChI=1S/C12H16N6O2/c1-17-10-7(11(19)18(2)12(17)20)8-9(15-16-10)14-6-4-3-5-13-8/h13H,3-6H2,1-2H3,(H,14,15). The topological polar surface area (TPSA) is 93.8 Å². The Morgan fingerprint density at radius 1 is 1.00 bits per heavy atom. The highest BCUT2D eigenvalue weighted by Crippen LogP contribution is 2.25. The van der Waals surface area contributed by atoms with E-state index in [9.17, 15) is 9.59 Å². The van der Waals surface area contributed by atoms with Gasteiger partial charge in [0.15, 0.2) is 11.5 Å². The third-order valence-electron chi connectivity index (χ3n) is 3.56. The number of aryl methyl sites for hydroxylation is 1. The molecule has 2 aromatic heterocycles. The Morgan fingerprint density at radius 3 is 2.45 bits per heavy atom. The Labute approximate surface area is 114 Å². The number of nitrogens with one attached hydrogen (secondary N) is 2. The van der Waals surface area contributed by atoms with Gasteiger partial charge in [0.1, 0.15) is 5.39 Å². The maximum absolute atomic E-state index is 12.4. The molecule has 0 saturated carbocycles. The van der Waals surface area contributed by atoms with E-state index in [1.807, 2.05) is 0 Å². The van der Waals surface area contributed by atoms with Crippen LogP contribution in [0, 0.1) is 0 Å². The summed E-state index contributed by atoms with van der Waals surface area (Å²) in [5.74, 6) is 0.563. The van der Waals surface area contributed by atoms with Crippen LogP contribution in [0.1, 0.15) is 12.8 Å². The largest absolute Gasteiger partial charge is 0.381 e. The van der Waals surface area contributed by atoms with Crippen molar-refractivity contribution in [3.63, 3.8) is 0 Å². The molecule has 0 fully saturated rings. The van der Waals surface area contributed by atoms with Crippen LogP contribution in [0.4, 0.5) is 11.5 Å². The van der Waals surface area contributed by atoms with Crippen molar-refractivity contribution >= 4 is 22.5 Å². The lowest BCUT2D eigenvalue weighted by Crippen LogP contribution is -2.38. The molecule has 1 aliphatic heterocycles. The highest BCUT2D eigenvalue weighted by molar-refractivity contribution is 5.93. The Morgan fingerprint density at radius 2 is 1.70 bits per heavy atom. The quantitative estimate of drug-likeness (QED) is 0.683. The molecule has 3 heterocycles. The fourth-order valence-electron chi connectivity index (χ4n) is 2.40. The molecule has 0 spiro atoms. The van der Waals surface area contributed by atoms with E-state index in [1.165, 1.54) is 11.6 Å². The molecule has 2 N–H and O–H groups in total. The number of fused-ring (bicyclic) bond motifs is 3. The van der Waals surface area contributed by atoms with Crippen molar-refractivity contribution in [2.24, 2.45) is 14.1 Å². The number of anilines is 2. The smallest absolute Gasteiger partial charge is 0.332 e. The molecule has 0 aliphatic carbocycles. The van der Waals surface area contributed by atoms with Crippen LogP contribution in [-0.4, -0.2) is 32.4 Å². The summed E-state index contributed by atoms with van der Waals surface area (Å²) in [5, 5.41) is 14.9. The van der Waals surface area contributed by atoms with Crippen LogP contribution in [0.2, 0.25) is 0 Å². The van der Waals surface area contributed by atoms with E-state index in [0.717, 1.165) is 30.5 Å². The average molecular weight is 276 g/mol. The maximum Gasteiger partial charge on any atom is 0.332 e. The first-order valence-electron chi connectivity index (χ1n) is 6.55. The summed E-state index contributed by atoms with van der Waals surface area (Å²) in [6, 6.07) is 0. The molecule has 8 nitrogen and oxygen atoms in total. The van der Waals surface area contributed by atoms with Crippen LogP contribution in [-0.2, 0) is 14.1 Å². The molecule has 0 bridgehead atoms. The van der Waals surface area contributed by atoms with Crippen molar-refractivity contribution in [1.29, 1.82) is 0 Å². The molecule has 2 aromatic rings. The number of hydrogen-bond acceptors (Lipinski definition) is 6. The number of rotatable bonds is 0. The number of nitrogens with zero attached hydrogens (tertiary/aromatic N) is 4. The van der Waals surface area contributed by atoms with Crippen LogP contribution in [0.15, 0.2) is 9.59 Å². The SMILES string of the molecule is Cn1c(=O)c2c3c(nnc2n(C)c1=O)NCCCCN3. The molecule has 0 aromatic carbocycles. The van der Waals surface area contributed by atoms with Crippen molar-refractivity contribution in [3.05, 3.63) is 20.8 Å². The summed E-state index contributed by atoms with van der Waals surface area (Å²) in [7, 11) is 3.05. The van der Waals surface area contributed by atoms with Gasteiger partial charge in [-0.25, -0.2) is 4.79 Å². The van der Waals surface area contributed by atoms with Gasteiger partial charge in [-0.15, -0.1) is 10.2 Å². The van der Waals surface area contributed by atoms with Crippen LogP contribution in [0.5, 0.6) is 0 Å². The van der Waals surface area contributed by atoms with Crippen molar-refractivity contribution in [2.75, 3.05) is 23.7 Å². The molecule has 20 heavy (non-hydrogen) atoms. The molecule has 8 heteroatoms. The minimum absolute atomic E-state index is 0.298. The first kappa shape index (κ1) is 12.6. The highest BCUT2D eigenvalue weighted by Gasteiger charge is 2.18. The highest BCUT2D eigenvalue weighted by atomic mass is 16.2. The lowest BCUT2D eigenvalue weighted by molar-refractivity contribution is 0.702. The summed E-state index contributed by atoms with van der Waals surface area (Å²) < 4.78 is 2.43. The predicted molar refractivity (Wildman–Crippen MR) is 76.2 cm³/mol. The van der Waals surface area contributed by atoms with Crippen LogP contribution >= 0.6 is 0 Å². The molecule has 0 saturated heterocycles. The Hall–Kier alpha value is -2.38. The zero-order chi connectivity index (χ0) is 14.3. The molecular formula is C12H16N6O2. The van der Waals surface area contributed by atoms with Gasteiger partial charge in [-0.1, -0.05) is 0 Å². The second-order valence-electron chi connectivity index (χ2n) is 4.89. The van der Waals surface area contributed by atoms with Crippen LogP contribution in [0.3, 0.4) is 0 Å². The normalized spacial score (nSPS) is 14.9. The molecule has 0 radical (unpaired) electrons. The minimum atomic E-state index is -0.407. The van der Waals surface area contributed by atoms with Crippen LogP contribution < -0.4 is 21.9 Å². The second-order valence-corrected chi connectivity index (χ2v) is 4.89. The Kier molecular flexibility index (Phi) is 2.92. The van der Waals surface area contributed by atoms with E-state index in [0.29, 0.717) is 22.5 Å². The monoisotopic (exact) mass is 276 g/mol. The predicted octanol–water partition coefficient (Wildman–Crippen LogP) is -0.355. The van der Waals surface area contributed by atoms with E-state index in [1.54, 1.807) is 7.05 Å². The third-order valence-corrected chi connectivity index (χ3v) is 3.56. The number of aromatic nitrogens is 4. The van der Waals surface area contributed by atoms with E-state index in [-0.39, 0.29) is 5.56 Å². The first-order valence-corrected chi connectivity index (χ1v) is 6.55. The Balaban J connectivity index is 2.42. The van der Waals surface area contributed by atoms with Crippen molar-refractivity contribution in [3.8, 4) is 0 Å². The summed E-state index contributed by atoms with van der Waals surface area (Å²) >= 11 is 0. The molecule has 0 unspecified atom stereocenters. The fourth-order valence-corrected chi connectivity index (χ4v) is 2.40. The lowest BCUT2D eigenvalue weighted by Gasteiger charge is -2.18. The Bertz CT molecular complexity index is 791. The van der Waals surface area contributed by atoms with Gasteiger partial charge < -0.3 is 10.6 Å².